The van der Waals surface area contributed by atoms with Gasteiger partial charge in [-0.2, -0.15) is 0 Å². The third-order valence-corrected chi connectivity index (χ3v) is 2.94. The van der Waals surface area contributed by atoms with Crippen molar-refractivity contribution >= 4 is 11.9 Å². The maximum atomic E-state index is 11.5. The summed E-state index contributed by atoms with van der Waals surface area (Å²) in [6, 6.07) is 0.593. The van der Waals surface area contributed by atoms with Crippen molar-refractivity contribution in [3.05, 3.63) is 0 Å². The van der Waals surface area contributed by atoms with E-state index in [1.165, 1.54) is 19.3 Å². The number of aliphatic imine (C=N–C) groups is 1. The highest BCUT2D eigenvalue weighted by Crippen LogP contribution is 2.02. The molecule has 118 valence electrons. The largest absolute Gasteiger partial charge is 0.356 e. The van der Waals surface area contributed by atoms with Gasteiger partial charge in [0.1, 0.15) is 0 Å². The van der Waals surface area contributed by atoms with E-state index < -0.39 is 0 Å². The quantitative estimate of drug-likeness (QED) is 0.345. The molecule has 3 N–H and O–H groups in total. The van der Waals surface area contributed by atoms with Gasteiger partial charge in [-0.1, -0.05) is 26.2 Å². The number of nitrogens with one attached hydrogen (secondary N) is 3. The summed E-state index contributed by atoms with van der Waals surface area (Å²) >= 11 is 0. The number of hydrogen-bond donors (Lipinski definition) is 3. The fourth-order valence-electron chi connectivity index (χ4n) is 1.89. The standard InChI is InChI=1S/C15H32N4O/c1-6-7-8-9-13(4)19-15(16-5)17-11-10-14(20)18-12(2)3/h12-13H,6-11H2,1-5H3,(H,18,20)(H2,16,17,19). The van der Waals surface area contributed by atoms with Gasteiger partial charge in [-0.25, -0.2) is 0 Å². The molecule has 0 aromatic carbocycles. The molecule has 0 saturated carbocycles. The molecule has 0 aliphatic carbocycles. The third kappa shape index (κ3) is 10.6. The molecule has 0 aliphatic rings. The molecule has 1 amide bonds. The zero-order valence-electron chi connectivity index (χ0n) is 13.8. The van der Waals surface area contributed by atoms with Gasteiger partial charge < -0.3 is 16.0 Å². The van der Waals surface area contributed by atoms with Gasteiger partial charge in [0.2, 0.25) is 5.91 Å². The molecular formula is C15H32N4O. The van der Waals surface area contributed by atoms with Crippen LogP contribution < -0.4 is 16.0 Å². The maximum absolute atomic E-state index is 11.5. The van der Waals surface area contributed by atoms with Crippen molar-refractivity contribution in [1.29, 1.82) is 0 Å². The van der Waals surface area contributed by atoms with E-state index in [0.717, 1.165) is 12.4 Å². The van der Waals surface area contributed by atoms with Gasteiger partial charge in [-0.05, 0) is 27.2 Å². The minimum Gasteiger partial charge on any atom is -0.356 e. The Labute approximate surface area is 124 Å². The van der Waals surface area contributed by atoms with Crippen molar-refractivity contribution in [3.63, 3.8) is 0 Å². The van der Waals surface area contributed by atoms with E-state index >= 15 is 0 Å². The van der Waals surface area contributed by atoms with Crippen molar-refractivity contribution in [2.45, 2.75) is 71.9 Å². The molecule has 0 aromatic rings. The zero-order chi connectivity index (χ0) is 15.4. The molecule has 0 radical (unpaired) electrons. The number of rotatable bonds is 9. The van der Waals surface area contributed by atoms with Crippen molar-refractivity contribution in [3.8, 4) is 0 Å². The van der Waals surface area contributed by atoms with Crippen molar-refractivity contribution in [1.82, 2.24) is 16.0 Å². The predicted octanol–water partition coefficient (Wildman–Crippen LogP) is 2.03. The normalized spacial score (nSPS) is 13.2. The number of nitrogens with zero attached hydrogens (tertiary/aromatic N) is 1. The number of carbonyl (C=O) groups excluding carboxylic acids is 1. The first-order valence-corrected chi connectivity index (χ1v) is 7.76. The molecule has 0 spiro atoms. The second-order valence-electron chi connectivity index (χ2n) is 5.51. The molecule has 0 saturated heterocycles. The Morgan fingerprint density at radius 2 is 1.85 bits per heavy atom. The second kappa shape index (κ2) is 11.6. The lowest BCUT2D eigenvalue weighted by Gasteiger charge is -2.18. The highest BCUT2D eigenvalue weighted by Gasteiger charge is 2.06. The summed E-state index contributed by atoms with van der Waals surface area (Å²) in [4.78, 5) is 15.7. The summed E-state index contributed by atoms with van der Waals surface area (Å²) in [5.41, 5.74) is 0. The lowest BCUT2D eigenvalue weighted by Crippen LogP contribution is -2.43. The first-order valence-electron chi connectivity index (χ1n) is 7.76. The van der Waals surface area contributed by atoms with Crippen LogP contribution in [0, 0.1) is 0 Å². The van der Waals surface area contributed by atoms with Gasteiger partial charge in [-0.15, -0.1) is 0 Å². The Kier molecular flexibility index (Phi) is 10.8. The van der Waals surface area contributed by atoms with Crippen molar-refractivity contribution < 1.29 is 4.79 Å². The van der Waals surface area contributed by atoms with Gasteiger partial charge >= 0.3 is 0 Å². The van der Waals surface area contributed by atoms with Gasteiger partial charge in [0.05, 0.1) is 0 Å². The zero-order valence-corrected chi connectivity index (χ0v) is 13.8. The fourth-order valence-corrected chi connectivity index (χ4v) is 1.89. The molecule has 0 bridgehead atoms. The molecule has 0 aliphatic heterocycles. The monoisotopic (exact) mass is 284 g/mol. The van der Waals surface area contributed by atoms with Crippen LogP contribution in [0.25, 0.3) is 0 Å². The minimum absolute atomic E-state index is 0.0685. The van der Waals surface area contributed by atoms with Gasteiger partial charge in [-0.3, -0.25) is 9.79 Å². The Bertz CT molecular complexity index is 290. The van der Waals surface area contributed by atoms with Crippen LogP contribution in [-0.4, -0.2) is 37.5 Å². The molecule has 0 fully saturated rings. The van der Waals surface area contributed by atoms with Crippen molar-refractivity contribution in [2.24, 2.45) is 4.99 Å². The average molecular weight is 284 g/mol. The molecule has 0 aromatic heterocycles. The molecule has 5 heteroatoms. The lowest BCUT2D eigenvalue weighted by atomic mass is 10.1. The molecule has 1 atom stereocenters. The van der Waals surface area contributed by atoms with Crippen LogP contribution in [0.15, 0.2) is 4.99 Å². The van der Waals surface area contributed by atoms with E-state index in [1.807, 2.05) is 13.8 Å². The molecule has 0 rings (SSSR count). The van der Waals surface area contributed by atoms with Crippen LogP contribution in [0.4, 0.5) is 0 Å². The maximum Gasteiger partial charge on any atom is 0.221 e. The summed E-state index contributed by atoms with van der Waals surface area (Å²) in [5, 5.41) is 9.39. The van der Waals surface area contributed by atoms with E-state index in [-0.39, 0.29) is 11.9 Å². The number of unbranched alkanes of at least 4 members (excludes halogenated alkanes) is 2. The number of hydrogen-bond acceptors (Lipinski definition) is 2. The smallest absolute Gasteiger partial charge is 0.221 e. The van der Waals surface area contributed by atoms with Crippen LogP contribution in [-0.2, 0) is 4.79 Å². The Morgan fingerprint density at radius 3 is 2.40 bits per heavy atom. The number of guanidine groups is 1. The highest BCUT2D eigenvalue weighted by atomic mass is 16.1. The van der Waals surface area contributed by atoms with Crippen LogP contribution in [0.3, 0.4) is 0 Å². The van der Waals surface area contributed by atoms with E-state index in [1.54, 1.807) is 7.05 Å². The minimum atomic E-state index is 0.0685. The second-order valence-corrected chi connectivity index (χ2v) is 5.51. The first kappa shape index (κ1) is 18.7. The predicted molar refractivity (Wildman–Crippen MR) is 86.0 cm³/mol. The van der Waals surface area contributed by atoms with E-state index in [0.29, 0.717) is 19.0 Å². The molecule has 1 unspecified atom stereocenters. The van der Waals surface area contributed by atoms with Gasteiger partial charge in [0.15, 0.2) is 5.96 Å². The molecule has 5 nitrogen and oxygen atoms in total. The molecule has 0 heterocycles. The Morgan fingerprint density at radius 1 is 1.15 bits per heavy atom. The van der Waals surface area contributed by atoms with E-state index in [9.17, 15) is 4.79 Å². The Balaban J connectivity index is 3.84. The van der Waals surface area contributed by atoms with Gasteiger partial charge in [0.25, 0.3) is 0 Å². The Hall–Kier alpha value is -1.26. The summed E-state index contributed by atoms with van der Waals surface area (Å²) in [7, 11) is 1.75. The lowest BCUT2D eigenvalue weighted by molar-refractivity contribution is -0.121. The molecular weight excluding hydrogens is 252 g/mol. The average Bonchev–Trinajstić information content (AvgIpc) is 2.37. The molecule has 20 heavy (non-hydrogen) atoms. The van der Waals surface area contributed by atoms with Crippen LogP contribution >= 0.6 is 0 Å². The summed E-state index contributed by atoms with van der Waals surface area (Å²) in [6.07, 6.45) is 5.35. The fraction of sp³-hybridized carbons (Fsp3) is 0.867. The highest BCUT2D eigenvalue weighted by molar-refractivity contribution is 5.81. The van der Waals surface area contributed by atoms with E-state index in [2.05, 4.69) is 34.8 Å². The first-order chi connectivity index (χ1) is 9.49. The number of amides is 1. The SMILES string of the molecule is CCCCCC(C)NC(=NC)NCCC(=O)NC(C)C. The van der Waals surface area contributed by atoms with Crippen LogP contribution in [0.2, 0.25) is 0 Å². The number of carbonyl (C=O) groups is 1. The van der Waals surface area contributed by atoms with Gasteiger partial charge in [0, 0.05) is 32.1 Å². The summed E-state index contributed by atoms with van der Waals surface area (Å²) in [5.74, 6) is 0.838. The third-order valence-electron chi connectivity index (χ3n) is 2.94. The van der Waals surface area contributed by atoms with Crippen molar-refractivity contribution in [2.75, 3.05) is 13.6 Å². The topological polar surface area (TPSA) is 65.5 Å². The summed E-state index contributed by atoms with van der Waals surface area (Å²) < 4.78 is 0. The summed E-state index contributed by atoms with van der Waals surface area (Å²) in [6.45, 7) is 8.89. The van der Waals surface area contributed by atoms with Crippen LogP contribution in [0.5, 0.6) is 0 Å². The van der Waals surface area contributed by atoms with E-state index in [4.69, 9.17) is 0 Å². The van der Waals surface area contributed by atoms with Crippen LogP contribution in [0.1, 0.15) is 59.8 Å².